The Morgan fingerprint density at radius 1 is 0.327 bits per heavy atom. The quantitative estimate of drug-likeness (QED) is 0.174. The Morgan fingerprint density at radius 2 is 0.873 bits per heavy atom. The number of aromatic nitrogens is 2. The SMILES string of the molecule is c1ccc(C23c4cc(-n5c6ccccc6c6cc(-n7c8ccccc8c8ccccc87)ccc65)ccc4-c4ccc5cccc(c5c42)-c2ccccc23)cc1. The number of benzene rings is 9. The molecule has 2 aliphatic carbocycles. The molecule has 2 aliphatic rings. The monoisotopic (exact) mass is 696 g/mol. The molecule has 0 bridgehead atoms. The smallest absolute Gasteiger partial charge is 0.0726 e. The minimum atomic E-state index is -0.463. The third kappa shape index (κ3) is 3.60. The van der Waals surface area contributed by atoms with E-state index >= 15 is 0 Å². The highest BCUT2D eigenvalue weighted by Gasteiger charge is 2.50. The number of hydrogen-bond donors (Lipinski definition) is 0. The maximum Gasteiger partial charge on any atom is 0.0726 e. The van der Waals surface area contributed by atoms with E-state index in [4.69, 9.17) is 0 Å². The summed E-state index contributed by atoms with van der Waals surface area (Å²) in [5.74, 6) is 0. The summed E-state index contributed by atoms with van der Waals surface area (Å²) < 4.78 is 4.91. The van der Waals surface area contributed by atoms with Crippen LogP contribution in [0.5, 0.6) is 0 Å². The summed E-state index contributed by atoms with van der Waals surface area (Å²) in [6.07, 6.45) is 0. The van der Waals surface area contributed by atoms with Crippen molar-refractivity contribution in [3.05, 3.63) is 216 Å². The average Bonchev–Trinajstić information content (AvgIpc) is 3.88. The summed E-state index contributed by atoms with van der Waals surface area (Å²) in [6.45, 7) is 0. The van der Waals surface area contributed by atoms with Gasteiger partial charge >= 0.3 is 0 Å². The Labute approximate surface area is 317 Å². The molecule has 0 spiro atoms. The van der Waals surface area contributed by atoms with Gasteiger partial charge in [0.1, 0.15) is 0 Å². The Morgan fingerprint density at radius 3 is 1.62 bits per heavy atom. The molecule has 0 saturated heterocycles. The Hall–Kier alpha value is -7.16. The van der Waals surface area contributed by atoms with Crippen molar-refractivity contribution in [1.82, 2.24) is 9.13 Å². The van der Waals surface area contributed by atoms with E-state index in [-0.39, 0.29) is 0 Å². The molecule has 2 nitrogen and oxygen atoms in total. The van der Waals surface area contributed by atoms with Gasteiger partial charge in [-0.15, -0.1) is 0 Å². The minimum Gasteiger partial charge on any atom is -0.309 e. The van der Waals surface area contributed by atoms with Crippen LogP contribution in [0.1, 0.15) is 22.3 Å². The molecular weight excluding hydrogens is 665 g/mol. The Bertz CT molecular complexity index is 3380. The van der Waals surface area contributed by atoms with Gasteiger partial charge in [-0.05, 0) is 104 Å². The fourth-order valence-electron chi connectivity index (χ4n) is 10.6. The van der Waals surface area contributed by atoms with Gasteiger partial charge in [-0.25, -0.2) is 0 Å². The summed E-state index contributed by atoms with van der Waals surface area (Å²) in [5.41, 5.74) is 17.4. The van der Waals surface area contributed by atoms with Crippen LogP contribution in [0.2, 0.25) is 0 Å². The molecule has 0 radical (unpaired) electrons. The second-order valence-corrected chi connectivity index (χ2v) is 15.2. The van der Waals surface area contributed by atoms with Gasteiger partial charge in [0, 0.05) is 32.9 Å². The van der Waals surface area contributed by atoms with Crippen molar-refractivity contribution in [2.45, 2.75) is 5.41 Å². The van der Waals surface area contributed by atoms with Crippen LogP contribution in [-0.4, -0.2) is 9.13 Å². The second-order valence-electron chi connectivity index (χ2n) is 15.2. The summed E-state index contributed by atoms with van der Waals surface area (Å²) >= 11 is 0. The molecule has 9 aromatic carbocycles. The molecule has 2 heterocycles. The second kappa shape index (κ2) is 10.5. The zero-order valence-electron chi connectivity index (χ0n) is 29.9. The Balaban J connectivity index is 1.11. The average molecular weight is 697 g/mol. The Kier molecular flexibility index (Phi) is 5.59. The van der Waals surface area contributed by atoms with Gasteiger partial charge in [0.25, 0.3) is 0 Å². The molecule has 254 valence electrons. The van der Waals surface area contributed by atoms with E-state index in [1.54, 1.807) is 0 Å². The lowest BCUT2D eigenvalue weighted by molar-refractivity contribution is 0.772. The first kappa shape index (κ1) is 29.3. The molecule has 11 aromatic rings. The minimum absolute atomic E-state index is 0.463. The van der Waals surface area contributed by atoms with Crippen LogP contribution < -0.4 is 0 Å². The predicted octanol–water partition coefficient (Wildman–Crippen LogP) is 13.4. The third-order valence-electron chi connectivity index (χ3n) is 12.7. The van der Waals surface area contributed by atoms with Crippen LogP contribution in [0.25, 0.3) is 88.0 Å². The van der Waals surface area contributed by atoms with Crippen molar-refractivity contribution in [2.24, 2.45) is 0 Å². The molecule has 0 amide bonds. The first-order valence-corrected chi connectivity index (χ1v) is 19.2. The van der Waals surface area contributed by atoms with E-state index < -0.39 is 5.41 Å². The molecule has 1 atom stereocenters. The molecule has 0 fully saturated rings. The maximum absolute atomic E-state index is 2.51. The lowest BCUT2D eigenvalue weighted by atomic mass is 9.62. The van der Waals surface area contributed by atoms with Crippen molar-refractivity contribution in [2.75, 3.05) is 0 Å². The highest BCUT2D eigenvalue weighted by Crippen LogP contribution is 2.63. The van der Waals surface area contributed by atoms with E-state index in [9.17, 15) is 0 Å². The van der Waals surface area contributed by atoms with Crippen molar-refractivity contribution in [3.63, 3.8) is 0 Å². The van der Waals surface area contributed by atoms with Crippen LogP contribution >= 0.6 is 0 Å². The van der Waals surface area contributed by atoms with Gasteiger partial charge in [0.15, 0.2) is 0 Å². The van der Waals surface area contributed by atoms with Crippen LogP contribution in [0.4, 0.5) is 0 Å². The highest BCUT2D eigenvalue weighted by atomic mass is 15.0. The molecule has 1 unspecified atom stereocenters. The summed E-state index contributed by atoms with van der Waals surface area (Å²) in [7, 11) is 0. The molecule has 0 aliphatic heterocycles. The van der Waals surface area contributed by atoms with Gasteiger partial charge < -0.3 is 9.13 Å². The topological polar surface area (TPSA) is 9.86 Å². The zero-order chi connectivity index (χ0) is 35.8. The molecular formula is C53H32N2. The molecule has 55 heavy (non-hydrogen) atoms. The largest absolute Gasteiger partial charge is 0.309 e. The summed E-state index contributed by atoms with van der Waals surface area (Å²) in [6, 6.07) is 72.6. The van der Waals surface area contributed by atoms with Gasteiger partial charge in [0.05, 0.1) is 27.5 Å². The van der Waals surface area contributed by atoms with Crippen LogP contribution in [-0.2, 0) is 5.41 Å². The van der Waals surface area contributed by atoms with Gasteiger partial charge in [-0.1, -0.05) is 146 Å². The van der Waals surface area contributed by atoms with Crippen LogP contribution in [0.15, 0.2) is 194 Å². The fraction of sp³-hybridized carbons (Fsp3) is 0.0189. The lowest BCUT2D eigenvalue weighted by Gasteiger charge is -2.39. The molecule has 0 saturated carbocycles. The van der Waals surface area contributed by atoms with Crippen molar-refractivity contribution >= 4 is 54.4 Å². The standard InChI is InChI=1S/C53H32N2/c1-2-14-34(15-3-1)53-45-21-8-4-16-37(45)42-20-12-13-33-25-28-43(52(53)51(33)42)38-29-26-36(32-46(38)53)55-49-24-11-7-19-41(49)44-31-35(27-30-50(44)55)54-47-22-9-5-17-39(47)40-18-6-10-23-48(40)54/h1-32H. The molecule has 2 aromatic heterocycles. The number of fused-ring (bicyclic) bond motifs is 12. The highest BCUT2D eigenvalue weighted by molar-refractivity contribution is 6.13. The summed E-state index contributed by atoms with van der Waals surface area (Å²) in [4.78, 5) is 0. The van der Waals surface area contributed by atoms with E-state index in [2.05, 4.69) is 203 Å². The first-order valence-electron chi connectivity index (χ1n) is 19.2. The van der Waals surface area contributed by atoms with E-state index in [0.29, 0.717) is 0 Å². The lowest BCUT2D eigenvalue weighted by Crippen LogP contribution is -2.31. The molecule has 2 heteroatoms. The van der Waals surface area contributed by atoms with Crippen molar-refractivity contribution in [3.8, 4) is 33.6 Å². The molecule has 0 N–H and O–H groups in total. The van der Waals surface area contributed by atoms with Gasteiger partial charge in [-0.3, -0.25) is 0 Å². The van der Waals surface area contributed by atoms with Gasteiger partial charge in [-0.2, -0.15) is 0 Å². The maximum atomic E-state index is 2.51. The number of hydrogen-bond acceptors (Lipinski definition) is 0. The van der Waals surface area contributed by atoms with E-state index in [1.165, 1.54) is 110 Å². The van der Waals surface area contributed by atoms with Crippen molar-refractivity contribution < 1.29 is 0 Å². The predicted molar refractivity (Wildman–Crippen MR) is 229 cm³/mol. The summed E-state index contributed by atoms with van der Waals surface area (Å²) in [5, 5.41) is 7.71. The number of rotatable bonds is 3. The first-order chi connectivity index (χ1) is 27.3. The number of para-hydroxylation sites is 3. The van der Waals surface area contributed by atoms with Gasteiger partial charge in [0.2, 0.25) is 0 Å². The fourth-order valence-corrected chi connectivity index (χ4v) is 10.6. The normalized spacial score (nSPS) is 15.3. The van der Waals surface area contributed by atoms with Crippen LogP contribution in [0, 0.1) is 0 Å². The number of nitrogens with zero attached hydrogens (tertiary/aromatic N) is 2. The van der Waals surface area contributed by atoms with E-state index in [1.807, 2.05) is 0 Å². The molecule has 13 rings (SSSR count). The van der Waals surface area contributed by atoms with E-state index in [0.717, 1.165) is 0 Å². The van der Waals surface area contributed by atoms with Crippen LogP contribution in [0.3, 0.4) is 0 Å². The third-order valence-corrected chi connectivity index (χ3v) is 12.7. The van der Waals surface area contributed by atoms with Crippen molar-refractivity contribution in [1.29, 1.82) is 0 Å². The zero-order valence-corrected chi connectivity index (χ0v) is 29.9.